The fourth-order valence-electron chi connectivity index (χ4n) is 1.96. The summed E-state index contributed by atoms with van der Waals surface area (Å²) in [4.78, 5) is 12.2. The molecule has 3 rings (SSSR count). The van der Waals surface area contributed by atoms with Gasteiger partial charge in [-0.3, -0.25) is 4.79 Å². The minimum absolute atomic E-state index is 0.227. The molecule has 1 amide bonds. The van der Waals surface area contributed by atoms with Crippen LogP contribution < -0.4 is 5.32 Å². The Morgan fingerprint density at radius 1 is 1.04 bits per heavy atom. The Morgan fingerprint density at radius 2 is 1.70 bits per heavy atom. The molecule has 3 aromatic rings. The van der Waals surface area contributed by atoms with Gasteiger partial charge in [-0.05, 0) is 87.6 Å². The topological polar surface area (TPSA) is 55.1 Å². The fourth-order valence-corrected chi connectivity index (χ4v) is 4.16. The lowest BCUT2D eigenvalue weighted by Crippen LogP contribution is -2.11. The van der Waals surface area contributed by atoms with E-state index in [1.54, 1.807) is 18.2 Å². The molecule has 116 valence electrons. The lowest BCUT2D eigenvalue weighted by molar-refractivity contribution is 0.102. The first-order valence-electron chi connectivity index (χ1n) is 6.51. The molecule has 1 aromatic heterocycles. The second-order valence-electron chi connectivity index (χ2n) is 4.70. The number of amides is 1. The molecule has 0 aliphatic carbocycles. The molecule has 7 heteroatoms. The Balaban J connectivity index is 1.79. The van der Waals surface area contributed by atoms with E-state index in [1.165, 1.54) is 0 Å². The largest absolute Gasteiger partial charge is 0.354 e. The van der Waals surface area contributed by atoms with Gasteiger partial charge in [0.1, 0.15) is 0 Å². The number of rotatable bonds is 3. The van der Waals surface area contributed by atoms with Crippen LogP contribution in [0.3, 0.4) is 0 Å². The zero-order chi connectivity index (χ0) is 16.4. The van der Waals surface area contributed by atoms with Gasteiger partial charge in [0.15, 0.2) is 11.6 Å². The summed E-state index contributed by atoms with van der Waals surface area (Å²) in [6.07, 6.45) is 0. The summed E-state index contributed by atoms with van der Waals surface area (Å²) in [5.74, 6) is 0.781. The van der Waals surface area contributed by atoms with Crippen LogP contribution in [0.1, 0.15) is 10.4 Å². The van der Waals surface area contributed by atoms with Crippen LogP contribution in [0.4, 0.5) is 5.82 Å². The summed E-state index contributed by atoms with van der Waals surface area (Å²) in [6.45, 7) is 0. The zero-order valence-electron chi connectivity index (χ0n) is 11.5. The Hall–Kier alpha value is -0.940. The van der Waals surface area contributed by atoms with Crippen LogP contribution in [0.15, 0.2) is 57.5 Å². The maximum Gasteiger partial charge on any atom is 0.256 e. The first-order chi connectivity index (χ1) is 11.0. The lowest BCUT2D eigenvalue weighted by Gasteiger charge is -2.01. The van der Waals surface area contributed by atoms with E-state index in [0.29, 0.717) is 17.1 Å². The fraction of sp³-hybridized carbons (Fsp3) is 0. The third-order valence-electron chi connectivity index (χ3n) is 3.01. The number of aromatic nitrogens is 1. The minimum Gasteiger partial charge on any atom is -0.354 e. The molecule has 0 aliphatic heterocycles. The monoisotopic (exact) mass is 594 g/mol. The van der Waals surface area contributed by atoms with Gasteiger partial charge in [-0.25, -0.2) is 0 Å². The second-order valence-corrected chi connectivity index (χ2v) is 8.10. The third kappa shape index (κ3) is 4.32. The van der Waals surface area contributed by atoms with Crippen molar-refractivity contribution in [3.63, 3.8) is 0 Å². The Kier molecular flexibility index (Phi) is 5.37. The molecule has 2 aromatic carbocycles. The average molecular weight is 595 g/mol. The highest BCUT2D eigenvalue weighted by molar-refractivity contribution is 14.1. The van der Waals surface area contributed by atoms with Crippen molar-refractivity contribution in [3.8, 4) is 11.3 Å². The average Bonchev–Trinajstić information content (AvgIpc) is 2.95. The van der Waals surface area contributed by atoms with Crippen molar-refractivity contribution in [2.75, 3.05) is 5.32 Å². The molecular weight excluding hydrogens is 586 g/mol. The van der Waals surface area contributed by atoms with Gasteiger partial charge in [-0.15, -0.1) is 0 Å². The molecule has 0 spiro atoms. The summed E-state index contributed by atoms with van der Waals surface area (Å²) in [5, 5.41) is 6.65. The molecule has 0 saturated heterocycles. The number of nitrogens with one attached hydrogen (secondary N) is 1. The van der Waals surface area contributed by atoms with E-state index in [1.807, 2.05) is 24.3 Å². The molecule has 23 heavy (non-hydrogen) atoms. The second kappa shape index (κ2) is 7.31. The van der Waals surface area contributed by atoms with Gasteiger partial charge in [0.25, 0.3) is 5.91 Å². The summed E-state index contributed by atoms with van der Waals surface area (Å²) >= 11 is 7.85. The zero-order valence-corrected chi connectivity index (χ0v) is 17.4. The molecule has 0 radical (unpaired) electrons. The van der Waals surface area contributed by atoms with Crippen molar-refractivity contribution in [3.05, 3.63) is 65.7 Å². The number of carbonyl (C=O) groups is 1. The molecule has 0 fully saturated rings. The highest BCUT2D eigenvalue weighted by atomic mass is 127. The van der Waals surface area contributed by atoms with E-state index >= 15 is 0 Å². The van der Waals surface area contributed by atoms with E-state index in [-0.39, 0.29) is 5.91 Å². The quantitative estimate of drug-likeness (QED) is 0.404. The molecular formula is C16H9BrI2N2O2. The summed E-state index contributed by atoms with van der Waals surface area (Å²) < 4.78 is 8.48. The first kappa shape index (κ1) is 16.9. The standard InChI is InChI=1S/C16H9BrI2N2O2/c17-11-3-1-9(2-4-11)16(22)20-15-8-14(23-21-15)10-5-12(18)7-13(19)6-10/h1-8H,(H,20,21,22). The van der Waals surface area contributed by atoms with Crippen molar-refractivity contribution in [2.24, 2.45) is 0 Å². The molecule has 0 atom stereocenters. The molecule has 0 saturated carbocycles. The smallest absolute Gasteiger partial charge is 0.256 e. The number of nitrogens with zero attached hydrogens (tertiary/aromatic N) is 1. The van der Waals surface area contributed by atoms with Crippen molar-refractivity contribution in [1.29, 1.82) is 0 Å². The SMILES string of the molecule is O=C(Nc1cc(-c2cc(I)cc(I)c2)on1)c1ccc(Br)cc1. The predicted molar refractivity (Wildman–Crippen MR) is 109 cm³/mol. The number of benzene rings is 2. The Labute approximate surface area is 168 Å². The molecule has 1 N–H and O–H groups in total. The Morgan fingerprint density at radius 3 is 2.35 bits per heavy atom. The summed E-state index contributed by atoms with van der Waals surface area (Å²) in [5.41, 5.74) is 1.49. The maximum atomic E-state index is 12.2. The van der Waals surface area contributed by atoms with Gasteiger partial charge >= 0.3 is 0 Å². The first-order valence-corrected chi connectivity index (χ1v) is 9.46. The van der Waals surface area contributed by atoms with Gasteiger partial charge in [-0.1, -0.05) is 21.1 Å². The molecule has 0 aliphatic rings. The van der Waals surface area contributed by atoms with Crippen molar-refractivity contribution in [2.45, 2.75) is 0 Å². The van der Waals surface area contributed by atoms with Crippen LogP contribution in [0, 0.1) is 7.14 Å². The number of carbonyl (C=O) groups excluding carboxylic acids is 1. The normalized spacial score (nSPS) is 10.6. The number of halogens is 3. The highest BCUT2D eigenvalue weighted by Crippen LogP contribution is 2.26. The van der Waals surface area contributed by atoms with E-state index in [9.17, 15) is 4.79 Å². The molecule has 0 unspecified atom stereocenters. The maximum absolute atomic E-state index is 12.2. The molecule has 1 heterocycles. The van der Waals surface area contributed by atoms with Gasteiger partial charge < -0.3 is 9.84 Å². The summed E-state index contributed by atoms with van der Waals surface area (Å²) in [7, 11) is 0. The number of anilines is 1. The predicted octanol–water partition coefficient (Wildman–Crippen LogP) is 5.57. The van der Waals surface area contributed by atoms with Crippen molar-refractivity contribution < 1.29 is 9.32 Å². The van der Waals surface area contributed by atoms with Crippen LogP contribution in [0.5, 0.6) is 0 Å². The van der Waals surface area contributed by atoms with Crippen LogP contribution in [-0.4, -0.2) is 11.1 Å². The van der Waals surface area contributed by atoms with E-state index in [0.717, 1.165) is 17.2 Å². The van der Waals surface area contributed by atoms with E-state index < -0.39 is 0 Å². The number of hydrogen-bond donors (Lipinski definition) is 1. The van der Waals surface area contributed by atoms with Crippen molar-refractivity contribution in [1.82, 2.24) is 5.16 Å². The number of hydrogen-bond acceptors (Lipinski definition) is 3. The van der Waals surface area contributed by atoms with Gasteiger partial charge in [0, 0.05) is 28.8 Å². The van der Waals surface area contributed by atoms with Crippen LogP contribution in [0.25, 0.3) is 11.3 Å². The Bertz CT molecular complexity index is 843. The van der Waals surface area contributed by atoms with Gasteiger partial charge in [-0.2, -0.15) is 0 Å². The van der Waals surface area contributed by atoms with Crippen LogP contribution in [0.2, 0.25) is 0 Å². The third-order valence-corrected chi connectivity index (χ3v) is 4.78. The van der Waals surface area contributed by atoms with E-state index in [2.05, 4.69) is 77.7 Å². The van der Waals surface area contributed by atoms with Gasteiger partial charge in [0.2, 0.25) is 0 Å². The van der Waals surface area contributed by atoms with E-state index in [4.69, 9.17) is 4.52 Å². The van der Waals surface area contributed by atoms with Crippen LogP contribution in [-0.2, 0) is 0 Å². The molecule has 0 bridgehead atoms. The molecule has 4 nitrogen and oxygen atoms in total. The lowest BCUT2D eigenvalue weighted by atomic mass is 10.2. The van der Waals surface area contributed by atoms with Gasteiger partial charge in [0.05, 0.1) is 0 Å². The summed E-state index contributed by atoms with van der Waals surface area (Å²) in [6, 6.07) is 14.9. The highest BCUT2D eigenvalue weighted by Gasteiger charge is 2.12. The van der Waals surface area contributed by atoms with Crippen LogP contribution >= 0.6 is 61.1 Å². The van der Waals surface area contributed by atoms with Crippen molar-refractivity contribution >= 4 is 72.8 Å². The minimum atomic E-state index is -0.227.